The number of aromatic hydroxyl groups is 2. The Balaban J connectivity index is 0.00000338. The van der Waals surface area contributed by atoms with Gasteiger partial charge in [-0.3, -0.25) is 0 Å². The van der Waals surface area contributed by atoms with Gasteiger partial charge in [-0.15, -0.1) is 0 Å². The van der Waals surface area contributed by atoms with E-state index in [4.69, 9.17) is 0 Å². The van der Waals surface area contributed by atoms with E-state index in [1.54, 1.807) is 0 Å². The topological polar surface area (TPSA) is 40.5 Å². The third-order valence-electron chi connectivity index (χ3n) is 4.27. The molecule has 2 N–H and O–H groups in total. The molecule has 26 heavy (non-hydrogen) atoms. The fourth-order valence-electron chi connectivity index (χ4n) is 2.91. The van der Waals surface area contributed by atoms with Crippen LogP contribution in [0.3, 0.4) is 0 Å². The first-order chi connectivity index (χ1) is 11.3. The van der Waals surface area contributed by atoms with E-state index in [-0.39, 0.29) is 32.5 Å². The summed E-state index contributed by atoms with van der Waals surface area (Å²) in [4.78, 5) is 1.57. The molecule has 0 radical (unpaired) electrons. The third-order valence-corrected chi connectivity index (χ3v) is 5.34. The van der Waals surface area contributed by atoms with Crippen LogP contribution < -0.4 is 0 Å². The Bertz CT molecular complexity index is 732. The van der Waals surface area contributed by atoms with Crippen molar-refractivity contribution in [2.45, 2.75) is 76.0 Å². The molecule has 0 aliphatic carbocycles. The smallest absolute Gasteiger partial charge is 0.133 e. The molecule has 0 aromatic heterocycles. The standard InChI is InChI=1S/C22H30O2S.Ti/c1-13-9-15(21(3,4)5)19(23)17(11-13)25-18-12-14(2)10-16(20(18)24)22(6,7)8;/h9-12,23-24H,1-8H3;. The molecule has 2 aromatic carbocycles. The molecule has 0 fully saturated rings. The Morgan fingerprint density at radius 2 is 0.962 bits per heavy atom. The van der Waals surface area contributed by atoms with Crippen LogP contribution in [-0.2, 0) is 32.5 Å². The maximum Gasteiger partial charge on any atom is 0.133 e. The minimum atomic E-state index is -0.142. The van der Waals surface area contributed by atoms with Crippen LogP contribution in [0, 0.1) is 13.8 Å². The van der Waals surface area contributed by atoms with Gasteiger partial charge in [0.25, 0.3) is 0 Å². The van der Waals surface area contributed by atoms with Crippen molar-refractivity contribution in [2.24, 2.45) is 0 Å². The molecule has 4 heteroatoms. The molecule has 0 unspecified atom stereocenters. The van der Waals surface area contributed by atoms with Crippen molar-refractivity contribution in [1.29, 1.82) is 0 Å². The van der Waals surface area contributed by atoms with Crippen LogP contribution in [0.1, 0.15) is 63.8 Å². The summed E-state index contributed by atoms with van der Waals surface area (Å²) in [7, 11) is 0. The van der Waals surface area contributed by atoms with Crippen molar-refractivity contribution < 1.29 is 31.9 Å². The molecular weight excluding hydrogens is 376 g/mol. The molecule has 0 aliphatic rings. The van der Waals surface area contributed by atoms with Crippen molar-refractivity contribution in [2.75, 3.05) is 0 Å². The Labute approximate surface area is 177 Å². The van der Waals surface area contributed by atoms with Gasteiger partial charge in [0.2, 0.25) is 0 Å². The van der Waals surface area contributed by atoms with Crippen LogP contribution in [0.2, 0.25) is 0 Å². The van der Waals surface area contributed by atoms with Crippen molar-refractivity contribution in [3.63, 3.8) is 0 Å². The average molecular weight is 406 g/mol. The van der Waals surface area contributed by atoms with E-state index in [1.165, 1.54) is 11.8 Å². The van der Waals surface area contributed by atoms with E-state index >= 15 is 0 Å². The van der Waals surface area contributed by atoms with Crippen LogP contribution in [0.5, 0.6) is 11.5 Å². The number of rotatable bonds is 2. The molecule has 2 aromatic rings. The number of phenols is 2. The van der Waals surface area contributed by atoms with Crippen LogP contribution >= 0.6 is 11.8 Å². The molecule has 140 valence electrons. The predicted molar refractivity (Wildman–Crippen MR) is 107 cm³/mol. The average Bonchev–Trinajstić information content (AvgIpc) is 2.43. The minimum Gasteiger partial charge on any atom is -0.506 e. The van der Waals surface area contributed by atoms with Crippen LogP contribution in [0.25, 0.3) is 0 Å². The summed E-state index contributed by atoms with van der Waals surface area (Å²) in [5.74, 6) is 0.614. The van der Waals surface area contributed by atoms with Gasteiger partial charge in [0.05, 0.1) is 9.79 Å². The Kier molecular flexibility index (Phi) is 7.12. The van der Waals surface area contributed by atoms with E-state index in [0.29, 0.717) is 11.5 Å². The third kappa shape index (κ3) is 5.09. The summed E-state index contributed by atoms with van der Waals surface area (Å²) < 4.78 is 0. The molecule has 0 spiro atoms. The van der Waals surface area contributed by atoms with Crippen molar-refractivity contribution in [3.8, 4) is 11.5 Å². The van der Waals surface area contributed by atoms with Gasteiger partial charge in [-0.2, -0.15) is 0 Å². The summed E-state index contributed by atoms with van der Waals surface area (Å²) in [5, 5.41) is 21.6. The molecule has 2 nitrogen and oxygen atoms in total. The number of aryl methyl sites for hydroxylation is 2. The number of hydrogen-bond acceptors (Lipinski definition) is 3. The molecular formula is C22H30O2STi. The first kappa shape index (κ1) is 23.1. The van der Waals surface area contributed by atoms with E-state index < -0.39 is 0 Å². The molecule has 0 saturated carbocycles. The normalized spacial score (nSPS) is 12.0. The molecule has 0 amide bonds. The van der Waals surface area contributed by atoms with E-state index in [1.807, 2.05) is 38.1 Å². The van der Waals surface area contributed by atoms with Crippen LogP contribution in [0.4, 0.5) is 0 Å². The summed E-state index contributed by atoms with van der Waals surface area (Å²) in [6.07, 6.45) is 0. The predicted octanol–water partition coefficient (Wildman–Crippen LogP) is 6.46. The maximum atomic E-state index is 10.8. The van der Waals surface area contributed by atoms with Crippen molar-refractivity contribution in [1.82, 2.24) is 0 Å². The van der Waals surface area contributed by atoms with Gasteiger partial charge in [-0.25, -0.2) is 0 Å². The second-order valence-corrected chi connectivity index (χ2v) is 10.0. The Morgan fingerprint density at radius 3 is 1.23 bits per heavy atom. The fraction of sp³-hybridized carbons (Fsp3) is 0.455. The Hall–Kier alpha value is -0.896. The summed E-state index contributed by atoms with van der Waals surface area (Å²) in [6, 6.07) is 8.04. The zero-order valence-corrected chi connectivity index (χ0v) is 19.5. The van der Waals surface area contributed by atoms with Gasteiger partial charge >= 0.3 is 0 Å². The summed E-state index contributed by atoms with van der Waals surface area (Å²) >= 11 is 1.43. The van der Waals surface area contributed by atoms with Gasteiger partial charge in [0.1, 0.15) is 11.5 Å². The molecule has 0 saturated heterocycles. The van der Waals surface area contributed by atoms with Crippen molar-refractivity contribution in [3.05, 3.63) is 46.5 Å². The van der Waals surface area contributed by atoms with Gasteiger partial charge in [-0.1, -0.05) is 65.4 Å². The first-order valence-corrected chi connectivity index (χ1v) is 9.48. The zero-order valence-electron chi connectivity index (χ0n) is 17.1. The van der Waals surface area contributed by atoms with Crippen LogP contribution in [0.15, 0.2) is 34.1 Å². The number of benzene rings is 2. The van der Waals surface area contributed by atoms with Crippen molar-refractivity contribution >= 4 is 11.8 Å². The minimum absolute atomic E-state index is 0. The van der Waals surface area contributed by atoms with E-state index in [9.17, 15) is 10.2 Å². The van der Waals surface area contributed by atoms with Gasteiger partial charge in [-0.05, 0) is 47.9 Å². The second-order valence-electron chi connectivity index (χ2n) is 8.92. The van der Waals surface area contributed by atoms with Gasteiger partial charge in [0, 0.05) is 32.8 Å². The van der Waals surface area contributed by atoms with Gasteiger partial charge in [0.15, 0.2) is 0 Å². The first-order valence-electron chi connectivity index (χ1n) is 8.66. The second kappa shape index (κ2) is 8.00. The Morgan fingerprint density at radius 1 is 0.654 bits per heavy atom. The molecule has 0 atom stereocenters. The largest absolute Gasteiger partial charge is 0.506 e. The molecule has 2 rings (SSSR count). The molecule has 0 bridgehead atoms. The fourth-order valence-corrected chi connectivity index (χ4v) is 4.05. The zero-order chi connectivity index (χ0) is 19.2. The van der Waals surface area contributed by atoms with E-state index in [2.05, 4.69) is 41.5 Å². The van der Waals surface area contributed by atoms with Crippen LogP contribution in [-0.4, -0.2) is 10.2 Å². The SMILES string of the molecule is Cc1cc(Sc2cc(C)cc(C(C)(C)C)c2O)c(O)c(C(C)(C)C)c1.[Ti]. The number of phenolic OH excluding ortho intramolecular Hbond substituents is 2. The number of hydrogen-bond donors (Lipinski definition) is 2. The molecule has 0 heterocycles. The maximum absolute atomic E-state index is 10.8. The quantitative estimate of drug-likeness (QED) is 0.563. The molecule has 0 aliphatic heterocycles. The van der Waals surface area contributed by atoms with Gasteiger partial charge < -0.3 is 10.2 Å². The summed E-state index contributed by atoms with van der Waals surface area (Å²) in [6.45, 7) is 16.6. The monoisotopic (exact) mass is 406 g/mol. The van der Waals surface area contributed by atoms with E-state index in [0.717, 1.165) is 32.0 Å². The summed E-state index contributed by atoms with van der Waals surface area (Å²) in [5.41, 5.74) is 3.78.